The number of aliphatic hydroxyl groups excluding tert-OH is 5. The monoisotopic (exact) mass is 1220 g/mol. The summed E-state index contributed by atoms with van der Waals surface area (Å²) in [5.74, 6) is -0.171. The first-order chi connectivity index (χ1) is 42.8. The summed E-state index contributed by atoms with van der Waals surface area (Å²) in [5, 5.41) is 54.9. The molecule has 1 fully saturated rings. The van der Waals surface area contributed by atoms with Gasteiger partial charge in [0, 0.05) is 6.42 Å². The Morgan fingerprint density at radius 2 is 0.713 bits per heavy atom. The van der Waals surface area contributed by atoms with Gasteiger partial charge in [-0.15, -0.1) is 0 Å². The number of hydrogen-bond donors (Lipinski definition) is 6. The summed E-state index contributed by atoms with van der Waals surface area (Å²) in [6, 6.07) is -0.808. The average molecular weight is 1230 g/mol. The van der Waals surface area contributed by atoms with E-state index in [1.807, 2.05) is 6.08 Å². The quantitative estimate of drug-likeness (QED) is 0.0261. The highest BCUT2D eigenvalue weighted by Crippen LogP contribution is 2.24. The minimum atomic E-state index is -1.57. The Morgan fingerprint density at radius 1 is 0.402 bits per heavy atom. The fourth-order valence-corrected chi connectivity index (χ4v) is 12.2. The van der Waals surface area contributed by atoms with Crippen LogP contribution in [0.4, 0.5) is 0 Å². The van der Waals surface area contributed by atoms with E-state index < -0.39 is 49.5 Å². The maximum atomic E-state index is 13.2. The molecule has 1 amide bonds. The minimum Gasteiger partial charge on any atom is -0.394 e. The van der Waals surface area contributed by atoms with Crippen LogP contribution >= 0.6 is 0 Å². The van der Waals surface area contributed by atoms with Crippen LogP contribution in [0.1, 0.15) is 373 Å². The van der Waals surface area contributed by atoms with Gasteiger partial charge in [-0.2, -0.15) is 0 Å². The molecular weight excluding hydrogens is 1080 g/mol. The number of amides is 1. The molecule has 7 unspecified atom stereocenters. The third kappa shape index (κ3) is 55.3. The SMILES string of the molecule is CC/C=C\C/C=C\C/C=C\C/C=C\CCCCCCCCCCCCCCCCCCCCC(=O)NC(COC1OC(CO)C(O)C(O)C1O)C(O)/C=C/CCCCCCCCCCCCCCCCCCCCCCCCCCCCCCCCC. The maximum absolute atomic E-state index is 13.2. The van der Waals surface area contributed by atoms with Crippen LogP contribution in [0.15, 0.2) is 60.8 Å². The first-order valence-electron chi connectivity index (χ1n) is 38.0. The average Bonchev–Trinajstić information content (AvgIpc) is 3.47. The number of carbonyl (C=O) groups is 1. The Morgan fingerprint density at radius 3 is 1.06 bits per heavy atom. The van der Waals surface area contributed by atoms with E-state index in [0.29, 0.717) is 6.42 Å². The van der Waals surface area contributed by atoms with Crippen LogP contribution in [0.3, 0.4) is 0 Å². The Bertz CT molecular complexity index is 1560. The van der Waals surface area contributed by atoms with Crippen molar-refractivity contribution in [1.29, 1.82) is 0 Å². The molecule has 0 bridgehead atoms. The molecule has 0 aromatic heterocycles. The molecule has 0 aliphatic carbocycles. The van der Waals surface area contributed by atoms with Crippen molar-refractivity contribution in [1.82, 2.24) is 5.32 Å². The second kappa shape index (κ2) is 66.8. The van der Waals surface area contributed by atoms with Gasteiger partial charge in [-0.25, -0.2) is 0 Å². The normalized spacial score (nSPS) is 18.3. The number of unbranched alkanes of at least 4 members (excludes halogenated alkanes) is 49. The molecule has 6 N–H and O–H groups in total. The molecule has 1 aliphatic rings. The van der Waals surface area contributed by atoms with Crippen LogP contribution in [-0.4, -0.2) is 87.5 Å². The summed E-state index contributed by atoms with van der Waals surface area (Å²) in [4.78, 5) is 13.2. The fourth-order valence-electron chi connectivity index (χ4n) is 12.2. The standard InChI is InChI=1S/C78H145NO8/c1-3-5-7-9-11-13-15-17-19-21-23-25-27-29-31-33-35-36-38-39-41-43-45-47-49-51-53-55-57-59-61-63-65-67-72(81)71(70-86-78-77(85)76(84)75(83)73(69-80)87-78)79-74(82)68-66-64-62-60-58-56-54-52-50-48-46-44-42-40-37-34-32-30-28-26-24-22-20-18-16-14-12-10-8-6-4-2/h6,8,12,14,18,20,24,26,65,67,71-73,75-78,80-81,83-85H,3-5,7,9-11,13,15-17,19,21-23,25,27-64,66,68-70H2,1-2H3,(H,79,82)/b8-6-,14-12-,20-18-,26-24-,67-65+. The lowest BCUT2D eigenvalue weighted by Crippen LogP contribution is -2.60. The number of aliphatic hydroxyl groups is 5. The topological polar surface area (TPSA) is 149 Å². The van der Waals surface area contributed by atoms with Crippen molar-refractivity contribution in [3.63, 3.8) is 0 Å². The molecule has 0 saturated carbocycles. The van der Waals surface area contributed by atoms with Gasteiger partial charge in [0.25, 0.3) is 0 Å². The summed E-state index contributed by atoms with van der Waals surface area (Å²) in [6.07, 6.45) is 86.4. The van der Waals surface area contributed by atoms with E-state index in [0.717, 1.165) is 64.2 Å². The summed E-state index contributed by atoms with van der Waals surface area (Å²) in [6.45, 7) is 3.72. The second-order valence-electron chi connectivity index (χ2n) is 26.4. The van der Waals surface area contributed by atoms with Gasteiger partial charge in [0.2, 0.25) is 5.91 Å². The van der Waals surface area contributed by atoms with E-state index in [9.17, 15) is 30.3 Å². The molecular formula is C78H145NO8. The van der Waals surface area contributed by atoms with Crippen molar-refractivity contribution in [2.75, 3.05) is 13.2 Å². The molecule has 1 aliphatic heterocycles. The number of carbonyl (C=O) groups excluding carboxylic acids is 1. The van der Waals surface area contributed by atoms with Crippen LogP contribution in [-0.2, 0) is 14.3 Å². The minimum absolute atomic E-state index is 0.171. The van der Waals surface area contributed by atoms with Gasteiger partial charge in [-0.1, -0.05) is 370 Å². The molecule has 9 heteroatoms. The molecule has 1 heterocycles. The highest BCUT2D eigenvalue weighted by molar-refractivity contribution is 5.76. The van der Waals surface area contributed by atoms with Crippen LogP contribution < -0.4 is 5.32 Å². The van der Waals surface area contributed by atoms with E-state index in [4.69, 9.17) is 9.47 Å². The van der Waals surface area contributed by atoms with Gasteiger partial charge in [0.15, 0.2) is 6.29 Å². The molecule has 87 heavy (non-hydrogen) atoms. The lowest BCUT2D eigenvalue weighted by atomic mass is 9.99. The van der Waals surface area contributed by atoms with Crippen LogP contribution in [0, 0.1) is 0 Å². The van der Waals surface area contributed by atoms with Gasteiger partial charge in [-0.3, -0.25) is 4.79 Å². The largest absolute Gasteiger partial charge is 0.394 e. The van der Waals surface area contributed by atoms with E-state index in [-0.39, 0.29) is 12.5 Å². The van der Waals surface area contributed by atoms with Crippen molar-refractivity contribution in [2.24, 2.45) is 0 Å². The van der Waals surface area contributed by atoms with Gasteiger partial charge >= 0.3 is 0 Å². The number of nitrogens with one attached hydrogen (secondary N) is 1. The fraction of sp³-hybridized carbons (Fsp3) is 0.859. The summed E-state index contributed by atoms with van der Waals surface area (Å²) in [7, 11) is 0. The first kappa shape index (κ1) is 82.9. The van der Waals surface area contributed by atoms with E-state index in [2.05, 4.69) is 67.8 Å². The number of rotatable bonds is 67. The summed E-state index contributed by atoms with van der Waals surface area (Å²) in [5.41, 5.74) is 0. The Labute approximate surface area is 538 Å². The van der Waals surface area contributed by atoms with E-state index in [1.165, 1.54) is 289 Å². The van der Waals surface area contributed by atoms with Crippen molar-refractivity contribution in [2.45, 2.75) is 416 Å². The van der Waals surface area contributed by atoms with Crippen molar-refractivity contribution < 1.29 is 39.8 Å². The first-order valence-corrected chi connectivity index (χ1v) is 38.0. The second-order valence-corrected chi connectivity index (χ2v) is 26.4. The molecule has 9 nitrogen and oxygen atoms in total. The highest BCUT2D eigenvalue weighted by Gasteiger charge is 2.44. The number of ether oxygens (including phenoxy) is 2. The molecule has 510 valence electrons. The Hall–Kier alpha value is -2.11. The van der Waals surface area contributed by atoms with Crippen LogP contribution in [0.25, 0.3) is 0 Å². The number of allylic oxidation sites excluding steroid dienone is 9. The van der Waals surface area contributed by atoms with Crippen molar-refractivity contribution in [3.05, 3.63) is 60.8 Å². The van der Waals surface area contributed by atoms with Gasteiger partial charge in [0.05, 0.1) is 25.4 Å². The Balaban J connectivity index is 2.09. The lowest BCUT2D eigenvalue weighted by molar-refractivity contribution is -0.302. The van der Waals surface area contributed by atoms with Gasteiger partial charge < -0.3 is 40.3 Å². The zero-order valence-corrected chi connectivity index (χ0v) is 57.3. The molecule has 1 rings (SSSR count). The predicted molar refractivity (Wildman–Crippen MR) is 373 cm³/mol. The van der Waals surface area contributed by atoms with Crippen molar-refractivity contribution >= 4 is 5.91 Å². The lowest BCUT2D eigenvalue weighted by Gasteiger charge is -2.40. The van der Waals surface area contributed by atoms with Gasteiger partial charge in [-0.05, 0) is 57.8 Å². The van der Waals surface area contributed by atoms with Crippen molar-refractivity contribution in [3.8, 4) is 0 Å². The van der Waals surface area contributed by atoms with Crippen LogP contribution in [0.2, 0.25) is 0 Å². The number of hydrogen-bond acceptors (Lipinski definition) is 8. The predicted octanol–water partition coefficient (Wildman–Crippen LogP) is 21.3. The Kier molecular flexibility index (Phi) is 63.7. The third-order valence-corrected chi connectivity index (χ3v) is 18.1. The molecule has 0 aromatic rings. The summed E-state index contributed by atoms with van der Waals surface area (Å²) >= 11 is 0. The molecule has 0 radical (unpaired) electrons. The molecule has 0 aromatic carbocycles. The molecule has 7 atom stereocenters. The van der Waals surface area contributed by atoms with Gasteiger partial charge in [0.1, 0.15) is 24.4 Å². The highest BCUT2D eigenvalue weighted by atomic mass is 16.7. The zero-order chi connectivity index (χ0) is 62.8. The van der Waals surface area contributed by atoms with Crippen LogP contribution in [0.5, 0.6) is 0 Å². The molecule has 0 spiro atoms. The maximum Gasteiger partial charge on any atom is 0.220 e. The zero-order valence-electron chi connectivity index (χ0n) is 57.3. The molecule has 1 saturated heterocycles. The van der Waals surface area contributed by atoms with E-state index in [1.54, 1.807) is 6.08 Å². The van der Waals surface area contributed by atoms with E-state index >= 15 is 0 Å². The smallest absolute Gasteiger partial charge is 0.220 e. The third-order valence-electron chi connectivity index (χ3n) is 18.1. The summed E-state index contributed by atoms with van der Waals surface area (Å²) < 4.78 is 11.3.